The van der Waals surface area contributed by atoms with Crippen LogP contribution < -0.4 is 5.73 Å². The van der Waals surface area contributed by atoms with Gasteiger partial charge in [-0.05, 0) is 40.6 Å². The smallest absolute Gasteiger partial charge is 0.140 e. The molecule has 0 saturated heterocycles. The van der Waals surface area contributed by atoms with Crippen LogP contribution in [0.2, 0.25) is 5.02 Å². The van der Waals surface area contributed by atoms with Crippen molar-refractivity contribution in [2.75, 3.05) is 5.73 Å². The standard InChI is InChI=1S/C14H14ClFIN3/c1-7(2)13-12(17)14(18)20-11(19-13)6-8-9(15)4-3-5-10(8)16/h3-5,7H,6H2,1-2H3,(H2,18,19,20). The Morgan fingerprint density at radius 3 is 2.65 bits per heavy atom. The first-order valence-electron chi connectivity index (χ1n) is 6.14. The van der Waals surface area contributed by atoms with Crippen LogP contribution >= 0.6 is 34.2 Å². The number of halogens is 3. The van der Waals surface area contributed by atoms with E-state index in [1.165, 1.54) is 6.07 Å². The molecule has 0 amide bonds. The van der Waals surface area contributed by atoms with Crippen LogP contribution in [0.1, 0.15) is 36.8 Å². The van der Waals surface area contributed by atoms with E-state index >= 15 is 0 Å². The summed E-state index contributed by atoms with van der Waals surface area (Å²) in [6.45, 7) is 4.06. The van der Waals surface area contributed by atoms with Crippen molar-refractivity contribution in [3.8, 4) is 0 Å². The highest BCUT2D eigenvalue weighted by Gasteiger charge is 2.15. The fourth-order valence-corrected chi connectivity index (χ4v) is 2.95. The van der Waals surface area contributed by atoms with Gasteiger partial charge in [-0.1, -0.05) is 31.5 Å². The van der Waals surface area contributed by atoms with Crippen molar-refractivity contribution in [3.05, 3.63) is 49.7 Å². The van der Waals surface area contributed by atoms with Gasteiger partial charge in [0.05, 0.1) is 9.26 Å². The number of aromatic nitrogens is 2. The summed E-state index contributed by atoms with van der Waals surface area (Å²) >= 11 is 8.16. The molecule has 1 aromatic carbocycles. The topological polar surface area (TPSA) is 51.8 Å². The third-order valence-corrected chi connectivity index (χ3v) is 4.35. The monoisotopic (exact) mass is 405 g/mol. The molecule has 0 aliphatic rings. The van der Waals surface area contributed by atoms with E-state index in [2.05, 4.69) is 32.6 Å². The molecule has 0 radical (unpaired) electrons. The fraction of sp³-hybridized carbons (Fsp3) is 0.286. The van der Waals surface area contributed by atoms with E-state index in [0.717, 1.165) is 9.26 Å². The van der Waals surface area contributed by atoms with Gasteiger partial charge in [0, 0.05) is 17.0 Å². The summed E-state index contributed by atoms with van der Waals surface area (Å²) in [6.07, 6.45) is 0.229. The van der Waals surface area contributed by atoms with E-state index in [0.29, 0.717) is 22.2 Å². The molecule has 2 rings (SSSR count). The van der Waals surface area contributed by atoms with Gasteiger partial charge in [-0.25, -0.2) is 14.4 Å². The van der Waals surface area contributed by atoms with Gasteiger partial charge in [-0.3, -0.25) is 0 Å². The summed E-state index contributed by atoms with van der Waals surface area (Å²) in [5.41, 5.74) is 7.17. The van der Waals surface area contributed by atoms with Crippen LogP contribution in [0.25, 0.3) is 0 Å². The van der Waals surface area contributed by atoms with Crippen molar-refractivity contribution in [2.24, 2.45) is 0 Å². The Balaban J connectivity index is 2.44. The molecule has 0 saturated carbocycles. The number of nitrogen functional groups attached to an aromatic ring is 1. The minimum absolute atomic E-state index is 0.224. The van der Waals surface area contributed by atoms with Crippen LogP contribution in [0.3, 0.4) is 0 Å². The third kappa shape index (κ3) is 3.20. The largest absolute Gasteiger partial charge is 0.383 e. The molecule has 0 aliphatic heterocycles. The molecule has 0 unspecified atom stereocenters. The van der Waals surface area contributed by atoms with Crippen LogP contribution in [0.15, 0.2) is 18.2 Å². The van der Waals surface area contributed by atoms with Crippen LogP contribution in [0.5, 0.6) is 0 Å². The molecule has 6 heteroatoms. The van der Waals surface area contributed by atoms with Crippen LogP contribution in [-0.2, 0) is 6.42 Å². The molecule has 1 heterocycles. The Morgan fingerprint density at radius 2 is 2.05 bits per heavy atom. The summed E-state index contributed by atoms with van der Waals surface area (Å²) in [7, 11) is 0. The van der Waals surface area contributed by atoms with Gasteiger partial charge in [0.2, 0.25) is 0 Å². The van der Waals surface area contributed by atoms with Crippen molar-refractivity contribution in [1.82, 2.24) is 9.97 Å². The lowest BCUT2D eigenvalue weighted by atomic mass is 10.1. The van der Waals surface area contributed by atoms with Crippen molar-refractivity contribution in [1.29, 1.82) is 0 Å². The number of anilines is 1. The molecule has 0 aliphatic carbocycles. The Hall–Kier alpha value is -0.950. The number of nitrogens with zero attached hydrogens (tertiary/aromatic N) is 2. The lowest BCUT2D eigenvalue weighted by Gasteiger charge is -2.12. The second-order valence-electron chi connectivity index (χ2n) is 4.76. The van der Waals surface area contributed by atoms with E-state index in [1.54, 1.807) is 12.1 Å². The number of hydrogen-bond acceptors (Lipinski definition) is 3. The van der Waals surface area contributed by atoms with Gasteiger partial charge in [-0.15, -0.1) is 0 Å². The normalized spacial score (nSPS) is 11.1. The summed E-state index contributed by atoms with van der Waals surface area (Å²) < 4.78 is 14.7. The Kier molecular flexibility index (Phi) is 4.80. The molecule has 20 heavy (non-hydrogen) atoms. The van der Waals surface area contributed by atoms with Gasteiger partial charge in [-0.2, -0.15) is 0 Å². The summed E-state index contributed by atoms with van der Waals surface area (Å²) in [6, 6.07) is 4.60. The van der Waals surface area contributed by atoms with Crippen LogP contribution in [0, 0.1) is 9.39 Å². The zero-order valence-corrected chi connectivity index (χ0v) is 14.0. The molecule has 0 spiro atoms. The maximum atomic E-state index is 13.8. The van der Waals surface area contributed by atoms with Crippen molar-refractivity contribution in [2.45, 2.75) is 26.2 Å². The zero-order chi connectivity index (χ0) is 14.9. The predicted molar refractivity (Wildman–Crippen MR) is 87.5 cm³/mol. The van der Waals surface area contributed by atoms with Crippen molar-refractivity contribution >= 4 is 40.0 Å². The van der Waals surface area contributed by atoms with Gasteiger partial charge in [0.15, 0.2) is 0 Å². The highest BCUT2D eigenvalue weighted by molar-refractivity contribution is 14.1. The second-order valence-corrected chi connectivity index (χ2v) is 6.24. The zero-order valence-electron chi connectivity index (χ0n) is 11.1. The third-order valence-electron chi connectivity index (χ3n) is 2.89. The maximum Gasteiger partial charge on any atom is 0.140 e. The molecule has 106 valence electrons. The molecular formula is C14H14ClFIN3. The summed E-state index contributed by atoms with van der Waals surface area (Å²) in [5, 5.41) is 0.372. The number of hydrogen-bond donors (Lipinski definition) is 1. The molecular weight excluding hydrogens is 392 g/mol. The van der Waals surface area contributed by atoms with E-state index in [-0.39, 0.29) is 18.2 Å². The first kappa shape index (κ1) is 15.4. The second kappa shape index (κ2) is 6.22. The molecule has 2 aromatic rings. The number of benzene rings is 1. The average molecular weight is 406 g/mol. The Bertz CT molecular complexity index is 626. The van der Waals surface area contributed by atoms with E-state index < -0.39 is 0 Å². The minimum Gasteiger partial charge on any atom is -0.383 e. The van der Waals surface area contributed by atoms with Gasteiger partial charge >= 0.3 is 0 Å². The highest BCUT2D eigenvalue weighted by Crippen LogP contribution is 2.26. The highest BCUT2D eigenvalue weighted by atomic mass is 127. The SMILES string of the molecule is CC(C)c1nc(Cc2c(F)cccc2Cl)nc(N)c1I. The minimum atomic E-state index is -0.357. The molecule has 3 nitrogen and oxygen atoms in total. The Labute approximate surface area is 135 Å². The predicted octanol–water partition coefficient (Wildman–Crippen LogP) is 4.17. The fourth-order valence-electron chi connectivity index (χ4n) is 1.85. The quantitative estimate of drug-likeness (QED) is 0.780. The lowest BCUT2D eigenvalue weighted by molar-refractivity contribution is 0.611. The molecule has 0 atom stereocenters. The van der Waals surface area contributed by atoms with Crippen LogP contribution in [-0.4, -0.2) is 9.97 Å². The van der Waals surface area contributed by atoms with E-state index in [9.17, 15) is 4.39 Å². The van der Waals surface area contributed by atoms with Gasteiger partial charge in [0.1, 0.15) is 17.5 Å². The summed E-state index contributed by atoms with van der Waals surface area (Å²) in [4.78, 5) is 8.71. The number of nitrogens with two attached hydrogens (primary N) is 1. The van der Waals surface area contributed by atoms with Crippen LogP contribution in [0.4, 0.5) is 10.2 Å². The maximum absolute atomic E-state index is 13.8. The molecule has 0 fully saturated rings. The molecule has 0 bridgehead atoms. The average Bonchev–Trinajstić information content (AvgIpc) is 2.37. The first-order valence-corrected chi connectivity index (χ1v) is 7.60. The lowest BCUT2D eigenvalue weighted by Crippen LogP contribution is -2.09. The Morgan fingerprint density at radius 1 is 1.35 bits per heavy atom. The summed E-state index contributed by atoms with van der Waals surface area (Å²) in [5.74, 6) is 0.775. The first-order chi connectivity index (χ1) is 9.40. The van der Waals surface area contributed by atoms with Crippen molar-refractivity contribution in [3.63, 3.8) is 0 Å². The van der Waals surface area contributed by atoms with Crippen molar-refractivity contribution < 1.29 is 4.39 Å². The van der Waals surface area contributed by atoms with E-state index in [4.69, 9.17) is 17.3 Å². The number of rotatable bonds is 3. The molecule has 2 N–H and O–H groups in total. The van der Waals surface area contributed by atoms with Gasteiger partial charge < -0.3 is 5.73 Å². The van der Waals surface area contributed by atoms with E-state index in [1.807, 2.05) is 13.8 Å². The molecule has 1 aromatic heterocycles. The van der Waals surface area contributed by atoms with Gasteiger partial charge in [0.25, 0.3) is 0 Å².